The van der Waals surface area contributed by atoms with Crippen LogP contribution in [0.2, 0.25) is 0 Å². The van der Waals surface area contributed by atoms with E-state index in [4.69, 9.17) is 4.74 Å². The molecule has 0 heterocycles. The molecule has 0 fully saturated rings. The summed E-state index contributed by atoms with van der Waals surface area (Å²) in [5.41, 5.74) is 0.284. The van der Waals surface area contributed by atoms with E-state index in [2.05, 4.69) is 4.74 Å². The van der Waals surface area contributed by atoms with Crippen LogP contribution in [-0.2, 0) is 9.53 Å². The third kappa shape index (κ3) is 12.1. The van der Waals surface area contributed by atoms with Crippen molar-refractivity contribution in [2.45, 2.75) is 77.0 Å². The second-order valence-corrected chi connectivity index (χ2v) is 6.90. The summed E-state index contributed by atoms with van der Waals surface area (Å²) in [6.07, 6.45) is 15.2. The summed E-state index contributed by atoms with van der Waals surface area (Å²) < 4.78 is 10.3. The SMILES string of the molecule is O=COCCCCCCCCCCCCCCOc1ccc(C=O)c(O)c1. The van der Waals surface area contributed by atoms with E-state index < -0.39 is 0 Å². The summed E-state index contributed by atoms with van der Waals surface area (Å²) in [7, 11) is 0. The number of carbonyl (C=O) groups excluding carboxylic acids is 2. The van der Waals surface area contributed by atoms with Crippen LogP contribution in [0.4, 0.5) is 0 Å². The summed E-state index contributed by atoms with van der Waals surface area (Å²) >= 11 is 0. The van der Waals surface area contributed by atoms with Crippen LogP contribution >= 0.6 is 0 Å². The van der Waals surface area contributed by atoms with Crippen LogP contribution < -0.4 is 4.74 Å². The molecular formula is C22H34O5. The van der Waals surface area contributed by atoms with Gasteiger partial charge in [0.05, 0.1) is 18.8 Å². The zero-order chi connectivity index (χ0) is 19.6. The van der Waals surface area contributed by atoms with Crippen LogP contribution in [0, 0.1) is 0 Å². The van der Waals surface area contributed by atoms with Gasteiger partial charge < -0.3 is 14.6 Å². The van der Waals surface area contributed by atoms with Crippen molar-refractivity contribution in [3.05, 3.63) is 23.8 Å². The van der Waals surface area contributed by atoms with Gasteiger partial charge in [0.15, 0.2) is 6.29 Å². The van der Waals surface area contributed by atoms with Crippen molar-refractivity contribution in [1.29, 1.82) is 0 Å². The number of rotatable bonds is 18. The number of hydrogen-bond acceptors (Lipinski definition) is 5. The number of unbranched alkanes of at least 4 members (excludes halogenated alkanes) is 11. The minimum atomic E-state index is -0.0329. The van der Waals surface area contributed by atoms with E-state index in [1.807, 2.05) is 0 Å². The van der Waals surface area contributed by atoms with Crippen LogP contribution in [0.3, 0.4) is 0 Å². The molecule has 0 radical (unpaired) electrons. The summed E-state index contributed by atoms with van der Waals surface area (Å²) in [6.45, 7) is 1.72. The lowest BCUT2D eigenvalue weighted by Crippen LogP contribution is -1.97. The molecule has 0 saturated heterocycles. The third-order valence-electron chi connectivity index (χ3n) is 4.62. The van der Waals surface area contributed by atoms with Gasteiger partial charge in [0, 0.05) is 6.07 Å². The molecule has 5 heteroatoms. The predicted octanol–water partition coefficient (Wildman–Crippen LogP) is 5.44. The molecule has 1 rings (SSSR count). The Balaban J connectivity index is 1.83. The lowest BCUT2D eigenvalue weighted by atomic mass is 10.1. The number of phenols is 1. The molecule has 0 aliphatic heterocycles. The van der Waals surface area contributed by atoms with E-state index in [1.165, 1.54) is 57.4 Å². The van der Waals surface area contributed by atoms with Gasteiger partial charge in [-0.15, -0.1) is 0 Å². The second kappa shape index (κ2) is 16.2. The fraction of sp³-hybridized carbons (Fsp3) is 0.636. The monoisotopic (exact) mass is 378 g/mol. The van der Waals surface area contributed by atoms with Crippen LogP contribution in [0.25, 0.3) is 0 Å². The minimum Gasteiger partial charge on any atom is -0.507 e. The highest BCUT2D eigenvalue weighted by molar-refractivity contribution is 5.79. The molecule has 0 bridgehead atoms. The maximum absolute atomic E-state index is 10.6. The van der Waals surface area contributed by atoms with Crippen molar-refractivity contribution >= 4 is 12.8 Å². The normalized spacial score (nSPS) is 10.5. The molecule has 0 aromatic heterocycles. The molecule has 0 amide bonds. The average molecular weight is 379 g/mol. The fourth-order valence-corrected chi connectivity index (χ4v) is 3.01. The maximum Gasteiger partial charge on any atom is 0.293 e. The number of ether oxygens (including phenoxy) is 2. The number of hydrogen-bond donors (Lipinski definition) is 1. The first-order valence-corrected chi connectivity index (χ1v) is 10.2. The smallest absolute Gasteiger partial charge is 0.293 e. The Morgan fingerprint density at radius 3 is 1.74 bits per heavy atom. The predicted molar refractivity (Wildman–Crippen MR) is 106 cm³/mol. The number of benzene rings is 1. The first kappa shape index (κ1) is 23.0. The van der Waals surface area contributed by atoms with Gasteiger partial charge in [0.2, 0.25) is 0 Å². The Labute approximate surface area is 163 Å². The van der Waals surface area contributed by atoms with Crippen molar-refractivity contribution in [3.8, 4) is 11.5 Å². The molecule has 27 heavy (non-hydrogen) atoms. The Bertz CT molecular complexity index is 515. The third-order valence-corrected chi connectivity index (χ3v) is 4.62. The topological polar surface area (TPSA) is 72.8 Å². The lowest BCUT2D eigenvalue weighted by Gasteiger charge is -2.07. The summed E-state index contributed by atoms with van der Waals surface area (Å²) in [4.78, 5) is 20.6. The Morgan fingerprint density at radius 1 is 0.741 bits per heavy atom. The van der Waals surface area contributed by atoms with Crippen LogP contribution in [0.5, 0.6) is 11.5 Å². The van der Waals surface area contributed by atoms with Crippen LogP contribution in [-0.4, -0.2) is 31.1 Å². The Morgan fingerprint density at radius 2 is 1.26 bits per heavy atom. The molecule has 1 N–H and O–H groups in total. The van der Waals surface area contributed by atoms with E-state index in [1.54, 1.807) is 12.1 Å². The average Bonchev–Trinajstić information content (AvgIpc) is 2.68. The van der Waals surface area contributed by atoms with E-state index in [0.29, 0.717) is 31.7 Å². The standard InChI is InChI=1S/C22H34O5/c23-18-20-13-14-21(17-22(20)25)27-16-12-10-8-6-4-2-1-3-5-7-9-11-15-26-19-24/h13-14,17-19,25H,1-12,15-16H2. The first-order valence-electron chi connectivity index (χ1n) is 10.2. The highest BCUT2D eigenvalue weighted by atomic mass is 16.5. The van der Waals surface area contributed by atoms with Gasteiger partial charge in [0.1, 0.15) is 11.5 Å². The van der Waals surface area contributed by atoms with Gasteiger partial charge in [-0.3, -0.25) is 9.59 Å². The van der Waals surface area contributed by atoms with Gasteiger partial charge in [0.25, 0.3) is 6.47 Å². The summed E-state index contributed by atoms with van der Waals surface area (Å²) in [5, 5.41) is 9.60. The highest BCUT2D eigenvalue weighted by Gasteiger charge is 2.02. The van der Waals surface area contributed by atoms with Crippen molar-refractivity contribution < 1.29 is 24.2 Å². The molecule has 0 spiro atoms. The van der Waals surface area contributed by atoms with Gasteiger partial charge in [-0.25, -0.2) is 0 Å². The Kier molecular flexibility index (Phi) is 13.8. The zero-order valence-corrected chi connectivity index (χ0v) is 16.4. The molecule has 1 aromatic rings. The molecule has 0 saturated carbocycles. The highest BCUT2D eigenvalue weighted by Crippen LogP contribution is 2.22. The van der Waals surface area contributed by atoms with Gasteiger partial charge in [-0.1, -0.05) is 64.2 Å². The summed E-state index contributed by atoms with van der Waals surface area (Å²) in [6, 6.07) is 4.77. The molecule has 0 unspecified atom stereocenters. The maximum atomic E-state index is 10.6. The number of carbonyl (C=O) groups is 2. The van der Waals surface area contributed by atoms with Crippen molar-refractivity contribution in [2.75, 3.05) is 13.2 Å². The van der Waals surface area contributed by atoms with Gasteiger partial charge >= 0.3 is 0 Å². The lowest BCUT2D eigenvalue weighted by molar-refractivity contribution is -0.128. The fourth-order valence-electron chi connectivity index (χ4n) is 3.01. The molecular weight excluding hydrogens is 344 g/mol. The zero-order valence-electron chi connectivity index (χ0n) is 16.4. The molecule has 0 aliphatic carbocycles. The van der Waals surface area contributed by atoms with Crippen molar-refractivity contribution in [2.24, 2.45) is 0 Å². The minimum absolute atomic E-state index is 0.0329. The van der Waals surface area contributed by atoms with Crippen LogP contribution in [0.15, 0.2) is 18.2 Å². The van der Waals surface area contributed by atoms with Crippen molar-refractivity contribution in [3.63, 3.8) is 0 Å². The van der Waals surface area contributed by atoms with Crippen molar-refractivity contribution in [1.82, 2.24) is 0 Å². The van der Waals surface area contributed by atoms with Crippen LogP contribution in [0.1, 0.15) is 87.4 Å². The summed E-state index contributed by atoms with van der Waals surface area (Å²) in [5.74, 6) is 0.573. The van der Waals surface area contributed by atoms with E-state index in [0.717, 1.165) is 25.7 Å². The second-order valence-electron chi connectivity index (χ2n) is 6.90. The Hall–Kier alpha value is -2.04. The number of phenolic OH excluding ortho intramolecular Hbond substituents is 1. The van der Waals surface area contributed by atoms with Gasteiger partial charge in [-0.2, -0.15) is 0 Å². The molecule has 152 valence electrons. The molecule has 1 aromatic carbocycles. The quantitative estimate of drug-likeness (QED) is 0.272. The van der Waals surface area contributed by atoms with E-state index in [-0.39, 0.29) is 11.3 Å². The number of aromatic hydroxyl groups is 1. The molecule has 0 atom stereocenters. The number of aldehydes is 1. The molecule has 0 aliphatic rings. The van der Waals surface area contributed by atoms with E-state index in [9.17, 15) is 14.7 Å². The molecule has 5 nitrogen and oxygen atoms in total. The largest absolute Gasteiger partial charge is 0.507 e. The van der Waals surface area contributed by atoms with E-state index >= 15 is 0 Å². The van der Waals surface area contributed by atoms with Gasteiger partial charge in [-0.05, 0) is 25.0 Å². The first-order chi connectivity index (χ1) is 13.3.